The van der Waals surface area contributed by atoms with E-state index in [-0.39, 0.29) is 22.5 Å². The number of nitrogens with zero attached hydrogens (tertiary/aromatic N) is 4. The summed E-state index contributed by atoms with van der Waals surface area (Å²) >= 11 is 5.74. The van der Waals surface area contributed by atoms with Gasteiger partial charge in [-0.2, -0.15) is 10.2 Å². The van der Waals surface area contributed by atoms with Gasteiger partial charge in [0.1, 0.15) is 17.4 Å². The largest absolute Gasteiger partial charge is 0.297 e. The monoisotopic (exact) mass is 272 g/mol. The number of rotatable bonds is 1. The van der Waals surface area contributed by atoms with Gasteiger partial charge in [0, 0.05) is 11.6 Å². The standard InChI is InChI=1S/C13H6ClFN4/c14-13-17-6-8(5-16)12(18-13)19-7-10(15)9-3-1-2-4-11(9)19/h1-4,6-7H. The van der Waals surface area contributed by atoms with Crippen LogP contribution in [-0.4, -0.2) is 14.5 Å². The van der Waals surface area contributed by atoms with Crippen LogP contribution in [0.2, 0.25) is 5.28 Å². The number of hydrogen-bond donors (Lipinski definition) is 0. The molecule has 0 fully saturated rings. The first kappa shape index (κ1) is 11.6. The third-order valence-electron chi connectivity index (χ3n) is 2.75. The smallest absolute Gasteiger partial charge is 0.224 e. The molecule has 92 valence electrons. The van der Waals surface area contributed by atoms with Crippen molar-refractivity contribution in [1.82, 2.24) is 14.5 Å². The van der Waals surface area contributed by atoms with E-state index in [0.717, 1.165) is 0 Å². The molecule has 0 saturated carbocycles. The molecule has 0 radical (unpaired) electrons. The van der Waals surface area contributed by atoms with Gasteiger partial charge in [-0.15, -0.1) is 0 Å². The first-order valence-electron chi connectivity index (χ1n) is 5.39. The molecular weight excluding hydrogens is 267 g/mol. The first-order valence-corrected chi connectivity index (χ1v) is 5.77. The third-order valence-corrected chi connectivity index (χ3v) is 2.93. The first-order chi connectivity index (χ1) is 9.20. The molecule has 2 aromatic heterocycles. The van der Waals surface area contributed by atoms with E-state index in [1.165, 1.54) is 17.0 Å². The van der Waals surface area contributed by atoms with Gasteiger partial charge in [0.25, 0.3) is 0 Å². The van der Waals surface area contributed by atoms with Crippen molar-refractivity contribution in [3.8, 4) is 11.9 Å². The maximum Gasteiger partial charge on any atom is 0.224 e. The summed E-state index contributed by atoms with van der Waals surface area (Å²) in [7, 11) is 0. The number of aromatic nitrogens is 3. The number of halogens is 2. The minimum Gasteiger partial charge on any atom is -0.297 e. The van der Waals surface area contributed by atoms with Crippen LogP contribution in [0.1, 0.15) is 5.56 Å². The molecule has 0 spiro atoms. The summed E-state index contributed by atoms with van der Waals surface area (Å²) in [6.07, 6.45) is 2.60. The predicted molar refractivity (Wildman–Crippen MR) is 68.5 cm³/mol. The van der Waals surface area contributed by atoms with Crippen molar-refractivity contribution in [3.05, 3.63) is 53.3 Å². The number of hydrogen-bond acceptors (Lipinski definition) is 3. The second-order valence-electron chi connectivity index (χ2n) is 3.85. The Bertz CT molecular complexity index is 819. The van der Waals surface area contributed by atoms with E-state index in [2.05, 4.69) is 9.97 Å². The Labute approximate surface area is 112 Å². The molecule has 3 rings (SSSR count). The van der Waals surface area contributed by atoms with Crippen molar-refractivity contribution in [1.29, 1.82) is 5.26 Å². The lowest BCUT2D eigenvalue weighted by molar-refractivity contribution is 0.636. The van der Waals surface area contributed by atoms with Crippen molar-refractivity contribution in [2.24, 2.45) is 0 Å². The summed E-state index contributed by atoms with van der Waals surface area (Å²) in [4.78, 5) is 7.75. The van der Waals surface area contributed by atoms with Crippen LogP contribution in [0, 0.1) is 17.1 Å². The van der Waals surface area contributed by atoms with E-state index in [1.807, 2.05) is 6.07 Å². The number of nitriles is 1. The lowest BCUT2D eigenvalue weighted by Gasteiger charge is -2.05. The number of para-hydroxylation sites is 1. The summed E-state index contributed by atoms with van der Waals surface area (Å²) in [5.41, 5.74) is 0.844. The van der Waals surface area contributed by atoms with E-state index < -0.39 is 0 Å². The molecule has 1 aromatic carbocycles. The van der Waals surface area contributed by atoms with Crippen LogP contribution < -0.4 is 0 Å². The highest BCUT2D eigenvalue weighted by atomic mass is 35.5. The van der Waals surface area contributed by atoms with Crippen molar-refractivity contribution in [2.45, 2.75) is 0 Å². The van der Waals surface area contributed by atoms with Gasteiger partial charge in [0.15, 0.2) is 5.82 Å². The fraction of sp³-hybridized carbons (Fsp3) is 0. The molecule has 6 heteroatoms. The fourth-order valence-electron chi connectivity index (χ4n) is 1.93. The Morgan fingerprint density at radius 1 is 1.32 bits per heavy atom. The van der Waals surface area contributed by atoms with Crippen LogP contribution in [0.25, 0.3) is 16.7 Å². The van der Waals surface area contributed by atoms with Gasteiger partial charge in [-0.05, 0) is 23.7 Å². The molecule has 0 unspecified atom stereocenters. The molecule has 4 nitrogen and oxygen atoms in total. The van der Waals surface area contributed by atoms with Gasteiger partial charge in [-0.3, -0.25) is 4.57 Å². The van der Waals surface area contributed by atoms with E-state index in [9.17, 15) is 4.39 Å². The highest BCUT2D eigenvalue weighted by Crippen LogP contribution is 2.24. The molecule has 3 aromatic rings. The molecule has 0 amide bonds. The molecule has 0 bridgehead atoms. The topological polar surface area (TPSA) is 54.5 Å². The molecule has 0 N–H and O–H groups in total. The Hall–Kier alpha value is -2.45. The third kappa shape index (κ3) is 1.83. The second-order valence-corrected chi connectivity index (χ2v) is 4.19. The van der Waals surface area contributed by atoms with Crippen molar-refractivity contribution in [2.75, 3.05) is 0 Å². The average molecular weight is 273 g/mol. The van der Waals surface area contributed by atoms with Gasteiger partial charge in [-0.1, -0.05) is 12.1 Å². The maximum atomic E-state index is 13.8. The lowest BCUT2D eigenvalue weighted by Crippen LogP contribution is -2.01. The van der Waals surface area contributed by atoms with Gasteiger partial charge < -0.3 is 0 Å². The fourth-order valence-corrected chi connectivity index (χ4v) is 2.06. The Morgan fingerprint density at radius 3 is 2.89 bits per heavy atom. The van der Waals surface area contributed by atoms with Crippen LogP contribution >= 0.6 is 11.6 Å². The lowest BCUT2D eigenvalue weighted by atomic mass is 10.2. The molecule has 2 heterocycles. The second kappa shape index (κ2) is 4.34. The summed E-state index contributed by atoms with van der Waals surface area (Å²) < 4.78 is 15.3. The van der Waals surface area contributed by atoms with E-state index in [4.69, 9.17) is 16.9 Å². The summed E-state index contributed by atoms with van der Waals surface area (Å²) in [6.45, 7) is 0. The predicted octanol–water partition coefficient (Wildman–Crippen LogP) is 3.08. The Balaban J connectivity index is 2.37. The molecular formula is C13H6ClFN4. The molecule has 0 aliphatic heterocycles. The van der Waals surface area contributed by atoms with Crippen LogP contribution in [0.4, 0.5) is 4.39 Å². The van der Waals surface area contributed by atoms with E-state index in [1.54, 1.807) is 24.3 Å². The van der Waals surface area contributed by atoms with Crippen LogP contribution in [0.5, 0.6) is 0 Å². The SMILES string of the molecule is N#Cc1cnc(Cl)nc1-n1cc(F)c2ccccc21. The van der Waals surface area contributed by atoms with Gasteiger partial charge in [0.2, 0.25) is 5.28 Å². The van der Waals surface area contributed by atoms with Crippen molar-refractivity contribution < 1.29 is 4.39 Å². The Morgan fingerprint density at radius 2 is 2.11 bits per heavy atom. The minimum absolute atomic E-state index is 0.00666. The quantitative estimate of drug-likeness (QED) is 0.640. The average Bonchev–Trinajstić information content (AvgIpc) is 2.77. The summed E-state index contributed by atoms with van der Waals surface area (Å²) in [5, 5.41) is 9.54. The molecule has 0 saturated heterocycles. The van der Waals surface area contributed by atoms with E-state index in [0.29, 0.717) is 10.9 Å². The molecule has 0 aliphatic carbocycles. The molecule has 19 heavy (non-hydrogen) atoms. The normalized spacial score (nSPS) is 10.6. The van der Waals surface area contributed by atoms with Crippen molar-refractivity contribution in [3.63, 3.8) is 0 Å². The minimum atomic E-state index is -0.380. The van der Waals surface area contributed by atoms with Crippen LogP contribution in [-0.2, 0) is 0 Å². The van der Waals surface area contributed by atoms with Gasteiger partial charge in [0.05, 0.1) is 11.7 Å². The molecule has 0 atom stereocenters. The highest BCUT2D eigenvalue weighted by molar-refractivity contribution is 6.28. The van der Waals surface area contributed by atoms with Crippen LogP contribution in [0.15, 0.2) is 36.7 Å². The number of benzene rings is 1. The van der Waals surface area contributed by atoms with Gasteiger partial charge in [-0.25, -0.2) is 9.37 Å². The highest BCUT2D eigenvalue weighted by Gasteiger charge is 2.14. The summed E-state index contributed by atoms with van der Waals surface area (Å²) in [6, 6.07) is 8.91. The maximum absolute atomic E-state index is 13.8. The molecule has 0 aliphatic rings. The van der Waals surface area contributed by atoms with Crippen molar-refractivity contribution >= 4 is 22.5 Å². The summed E-state index contributed by atoms with van der Waals surface area (Å²) in [5.74, 6) is -0.114. The zero-order valence-corrected chi connectivity index (χ0v) is 10.3. The van der Waals surface area contributed by atoms with Crippen LogP contribution in [0.3, 0.4) is 0 Å². The zero-order chi connectivity index (χ0) is 13.4. The van der Waals surface area contributed by atoms with Gasteiger partial charge >= 0.3 is 0 Å². The zero-order valence-electron chi connectivity index (χ0n) is 9.51. The Kier molecular flexibility index (Phi) is 2.65. The van der Waals surface area contributed by atoms with E-state index >= 15 is 0 Å². The number of fused-ring (bicyclic) bond motifs is 1.